The molecular formula is C26H32N4O3. The monoisotopic (exact) mass is 448 g/mol. The van der Waals surface area contributed by atoms with E-state index in [-0.39, 0.29) is 12.5 Å². The van der Waals surface area contributed by atoms with Crippen molar-refractivity contribution in [2.75, 3.05) is 46.4 Å². The second kappa shape index (κ2) is 11.0. The van der Waals surface area contributed by atoms with Crippen LogP contribution in [-0.4, -0.2) is 72.4 Å². The van der Waals surface area contributed by atoms with Crippen molar-refractivity contribution < 1.29 is 14.4 Å². The Balaban J connectivity index is 1.26. The van der Waals surface area contributed by atoms with Crippen molar-refractivity contribution in [3.05, 3.63) is 66.4 Å². The fourth-order valence-electron chi connectivity index (χ4n) is 3.96. The highest BCUT2D eigenvalue weighted by Gasteiger charge is 2.19. The fourth-order valence-corrected chi connectivity index (χ4v) is 3.96. The van der Waals surface area contributed by atoms with Crippen molar-refractivity contribution in [3.8, 4) is 5.75 Å². The number of rotatable bonds is 9. The van der Waals surface area contributed by atoms with Gasteiger partial charge in [0, 0.05) is 37.9 Å². The second-order valence-corrected chi connectivity index (χ2v) is 8.29. The summed E-state index contributed by atoms with van der Waals surface area (Å²) < 4.78 is 7.89. The number of fused-ring (bicyclic) bond motifs is 1. The summed E-state index contributed by atoms with van der Waals surface area (Å²) in [5.74, 6) is 0.712. The Hall–Kier alpha value is -3.32. The highest BCUT2D eigenvalue weighted by Crippen LogP contribution is 2.16. The van der Waals surface area contributed by atoms with Crippen LogP contribution in [0, 0.1) is 0 Å². The minimum atomic E-state index is 0.0341. The van der Waals surface area contributed by atoms with E-state index < -0.39 is 0 Å². The zero-order valence-corrected chi connectivity index (χ0v) is 19.4. The number of nitrogens with zero attached hydrogens (tertiary/aromatic N) is 4. The van der Waals surface area contributed by atoms with Crippen molar-refractivity contribution >= 4 is 22.5 Å². The highest BCUT2D eigenvalue weighted by atomic mass is 16.6. The van der Waals surface area contributed by atoms with Crippen molar-refractivity contribution in [3.63, 3.8) is 0 Å². The topological polar surface area (TPSA) is 59.3 Å². The molecule has 1 aromatic heterocycles. The molecule has 1 aliphatic rings. The lowest BCUT2D eigenvalue weighted by Gasteiger charge is -2.32. The molecule has 1 amide bonds. The van der Waals surface area contributed by atoms with Gasteiger partial charge in [0.05, 0.1) is 12.3 Å². The van der Waals surface area contributed by atoms with Gasteiger partial charge in [-0.2, -0.15) is 0 Å². The highest BCUT2D eigenvalue weighted by molar-refractivity contribution is 6.00. The van der Waals surface area contributed by atoms with Crippen molar-refractivity contribution in [1.29, 1.82) is 0 Å². The zero-order valence-electron chi connectivity index (χ0n) is 19.4. The summed E-state index contributed by atoms with van der Waals surface area (Å²) in [4.78, 5) is 22.1. The largest absolute Gasteiger partial charge is 0.484 e. The van der Waals surface area contributed by atoms with Gasteiger partial charge in [0.1, 0.15) is 12.4 Å². The number of carbonyl (C=O) groups excluding carboxylic acids is 1. The Morgan fingerprint density at radius 3 is 2.52 bits per heavy atom. The van der Waals surface area contributed by atoms with Crippen molar-refractivity contribution in [1.82, 2.24) is 14.4 Å². The molecule has 1 aliphatic heterocycles. The van der Waals surface area contributed by atoms with Gasteiger partial charge in [0.2, 0.25) is 0 Å². The number of benzene rings is 2. The molecule has 174 valence electrons. The molecule has 0 radical (unpaired) electrons. The Kier molecular flexibility index (Phi) is 7.62. The number of ether oxygens (including phenoxy) is 1. The third kappa shape index (κ3) is 5.93. The average Bonchev–Trinajstić information content (AvgIpc) is 3.26. The number of piperazine rings is 1. The maximum Gasteiger partial charge on any atom is 0.260 e. The Morgan fingerprint density at radius 1 is 1.00 bits per heavy atom. The van der Waals surface area contributed by atoms with Gasteiger partial charge in [-0.25, -0.2) is 0 Å². The van der Waals surface area contributed by atoms with Crippen LogP contribution in [0.25, 0.3) is 10.9 Å². The van der Waals surface area contributed by atoms with Crippen LogP contribution in [0.15, 0.2) is 65.9 Å². The number of oxime groups is 1. The molecule has 0 atom stereocenters. The number of para-hydroxylation sites is 1. The van der Waals surface area contributed by atoms with E-state index in [2.05, 4.69) is 53.0 Å². The normalized spacial score (nSPS) is 15.1. The Bertz CT molecular complexity index is 1080. The molecule has 3 aromatic rings. The maximum absolute atomic E-state index is 12.3. The first-order valence-electron chi connectivity index (χ1n) is 11.6. The number of likely N-dealkylation sites (N-methyl/N-ethyl adjacent to an activating group) is 1. The van der Waals surface area contributed by atoms with Crippen LogP contribution < -0.4 is 4.74 Å². The van der Waals surface area contributed by atoms with E-state index in [1.165, 1.54) is 10.9 Å². The van der Waals surface area contributed by atoms with Crippen molar-refractivity contribution in [2.24, 2.45) is 5.16 Å². The molecule has 0 saturated carbocycles. The third-order valence-corrected chi connectivity index (χ3v) is 6.02. The lowest BCUT2D eigenvalue weighted by Crippen LogP contribution is -2.48. The molecule has 0 unspecified atom stereocenters. The standard InChI is InChI=1S/C26H32N4O3/c1-3-24(27-33-19-18-29-13-12-22-6-4-5-7-25(22)29)21-8-10-23(11-9-21)32-20-26(31)30-16-14-28(2)15-17-30/h4-13H,3,14-20H2,1-2H3/b27-24+. The average molecular weight is 449 g/mol. The zero-order chi connectivity index (χ0) is 23.0. The number of hydrogen-bond donors (Lipinski definition) is 0. The van der Waals surface area contributed by atoms with Gasteiger partial charge in [-0.15, -0.1) is 0 Å². The Morgan fingerprint density at radius 2 is 1.76 bits per heavy atom. The summed E-state index contributed by atoms with van der Waals surface area (Å²) in [7, 11) is 2.07. The number of hydrogen-bond acceptors (Lipinski definition) is 5. The Labute approximate surface area is 195 Å². The van der Waals surface area contributed by atoms with E-state index in [0.717, 1.165) is 50.4 Å². The van der Waals surface area contributed by atoms with Gasteiger partial charge in [0.15, 0.2) is 6.61 Å². The summed E-state index contributed by atoms with van der Waals surface area (Å²) in [6.07, 6.45) is 2.83. The predicted octanol–water partition coefficient (Wildman–Crippen LogP) is 3.63. The smallest absolute Gasteiger partial charge is 0.260 e. The molecule has 1 saturated heterocycles. The first-order chi connectivity index (χ1) is 16.1. The predicted molar refractivity (Wildman–Crippen MR) is 131 cm³/mol. The molecular weight excluding hydrogens is 416 g/mol. The molecule has 0 spiro atoms. The van der Waals surface area contributed by atoms with E-state index in [9.17, 15) is 4.79 Å². The van der Waals surface area contributed by atoms with Crippen LogP contribution >= 0.6 is 0 Å². The van der Waals surface area contributed by atoms with Crippen LogP contribution in [0.2, 0.25) is 0 Å². The van der Waals surface area contributed by atoms with Crippen LogP contribution in [-0.2, 0) is 16.2 Å². The molecule has 7 nitrogen and oxygen atoms in total. The summed E-state index contributed by atoms with van der Waals surface area (Å²) >= 11 is 0. The van der Waals surface area contributed by atoms with Crippen LogP contribution in [0.3, 0.4) is 0 Å². The first kappa shape index (κ1) is 22.9. The fraction of sp³-hybridized carbons (Fsp3) is 0.385. The minimum absolute atomic E-state index is 0.0341. The molecule has 2 aromatic carbocycles. The van der Waals surface area contributed by atoms with Gasteiger partial charge in [0.25, 0.3) is 5.91 Å². The first-order valence-corrected chi connectivity index (χ1v) is 11.6. The number of aromatic nitrogens is 1. The van der Waals surface area contributed by atoms with Gasteiger partial charge in [-0.05, 0) is 60.8 Å². The molecule has 2 heterocycles. The molecule has 4 rings (SSSR count). The lowest BCUT2D eigenvalue weighted by molar-refractivity contribution is -0.134. The van der Waals surface area contributed by atoms with E-state index in [0.29, 0.717) is 12.4 Å². The minimum Gasteiger partial charge on any atom is -0.484 e. The third-order valence-electron chi connectivity index (χ3n) is 6.02. The lowest BCUT2D eigenvalue weighted by atomic mass is 10.1. The second-order valence-electron chi connectivity index (χ2n) is 8.29. The maximum atomic E-state index is 12.3. The number of carbonyl (C=O) groups is 1. The summed E-state index contributed by atoms with van der Waals surface area (Å²) in [6.45, 7) is 6.69. The quantitative estimate of drug-likeness (QED) is 0.285. The SMILES string of the molecule is CC/C(=N\OCCn1ccc2ccccc21)c1ccc(OCC(=O)N2CCN(C)CC2)cc1. The molecule has 0 N–H and O–H groups in total. The molecule has 0 aliphatic carbocycles. The van der Waals surface area contributed by atoms with Crippen LogP contribution in [0.4, 0.5) is 0 Å². The van der Waals surface area contributed by atoms with Gasteiger partial charge >= 0.3 is 0 Å². The summed E-state index contributed by atoms with van der Waals surface area (Å²) in [6, 6.07) is 18.1. The molecule has 33 heavy (non-hydrogen) atoms. The molecule has 1 fully saturated rings. The van der Waals surface area contributed by atoms with Gasteiger partial charge in [-0.1, -0.05) is 30.3 Å². The van der Waals surface area contributed by atoms with E-state index in [4.69, 9.17) is 9.57 Å². The molecule has 7 heteroatoms. The van der Waals surface area contributed by atoms with E-state index >= 15 is 0 Å². The molecule has 0 bridgehead atoms. The summed E-state index contributed by atoms with van der Waals surface area (Å²) in [5.41, 5.74) is 3.07. The van der Waals surface area contributed by atoms with Crippen molar-refractivity contribution in [2.45, 2.75) is 19.9 Å². The van der Waals surface area contributed by atoms with E-state index in [1.54, 1.807) is 0 Å². The van der Waals surface area contributed by atoms with Crippen LogP contribution in [0.1, 0.15) is 18.9 Å². The van der Waals surface area contributed by atoms with Gasteiger partial charge in [-0.3, -0.25) is 4.79 Å². The number of amides is 1. The van der Waals surface area contributed by atoms with Gasteiger partial charge < -0.3 is 23.9 Å². The summed E-state index contributed by atoms with van der Waals surface area (Å²) in [5, 5.41) is 5.59. The van der Waals surface area contributed by atoms with Crippen LogP contribution in [0.5, 0.6) is 5.75 Å². The van der Waals surface area contributed by atoms with E-state index in [1.807, 2.05) is 41.3 Å².